The van der Waals surface area contributed by atoms with Crippen LogP contribution in [-0.4, -0.2) is 32.0 Å². The molecule has 1 unspecified atom stereocenters. The number of hydrogen-bond donors (Lipinski definition) is 1. The number of Topliss-reactive ketones (excluding diaryl/α,β-unsaturated/α-hetero) is 1. The molecular formula is C12H15Cl3O5. The minimum atomic E-state index is -1.59. The fraction of sp³-hybridized carbons (Fsp3) is 0.583. The molecule has 1 aliphatic heterocycles. The summed E-state index contributed by atoms with van der Waals surface area (Å²) in [4.78, 5) is 32.8. The van der Waals surface area contributed by atoms with Crippen molar-refractivity contribution in [1.82, 2.24) is 0 Å². The number of aliphatic hydroxyl groups is 1. The Hall–Kier alpha value is -0.620. The maximum atomic E-state index is 11.1. The first kappa shape index (κ1) is 19.4. The number of cyclic esters (lactones) is 1. The second kappa shape index (κ2) is 6.89. The fourth-order valence-corrected chi connectivity index (χ4v) is 1.01. The highest BCUT2D eigenvalue weighted by atomic mass is 35.6. The summed E-state index contributed by atoms with van der Waals surface area (Å²) in [5.74, 6) is -2.74. The van der Waals surface area contributed by atoms with Gasteiger partial charge in [0.05, 0.1) is 0 Å². The quantitative estimate of drug-likeness (QED) is 0.448. The number of halogens is 3. The average Bonchev–Trinajstić information content (AvgIpc) is 2.11. The monoisotopic (exact) mass is 344 g/mol. The van der Waals surface area contributed by atoms with Crippen LogP contribution in [-0.2, 0) is 19.1 Å². The van der Waals surface area contributed by atoms with Gasteiger partial charge in [0.1, 0.15) is 11.4 Å². The summed E-state index contributed by atoms with van der Waals surface area (Å²) >= 11 is 15.9. The van der Waals surface area contributed by atoms with Gasteiger partial charge < -0.3 is 9.84 Å². The molecule has 1 N–H and O–H groups in total. The summed E-state index contributed by atoms with van der Waals surface area (Å²) in [6.45, 7) is 5.55. The molecular weight excluding hydrogens is 330 g/mol. The lowest BCUT2D eigenvalue weighted by Gasteiger charge is -2.25. The van der Waals surface area contributed by atoms with Crippen LogP contribution >= 0.6 is 34.8 Å². The Labute approximate surface area is 131 Å². The van der Waals surface area contributed by atoms with E-state index in [-0.39, 0.29) is 5.76 Å². The van der Waals surface area contributed by atoms with E-state index >= 15 is 0 Å². The molecule has 0 fully saturated rings. The van der Waals surface area contributed by atoms with E-state index in [0.717, 1.165) is 6.08 Å². The highest BCUT2D eigenvalue weighted by Crippen LogP contribution is 2.37. The Bertz CT molecular complexity index is 431. The molecule has 0 saturated carbocycles. The lowest BCUT2D eigenvalue weighted by molar-refractivity contribution is -0.152. The van der Waals surface area contributed by atoms with Crippen molar-refractivity contribution >= 4 is 52.3 Å². The van der Waals surface area contributed by atoms with Gasteiger partial charge in [0, 0.05) is 6.08 Å². The van der Waals surface area contributed by atoms with Crippen molar-refractivity contribution in [2.45, 2.75) is 37.1 Å². The highest BCUT2D eigenvalue weighted by Gasteiger charge is 2.38. The molecule has 1 atom stereocenters. The van der Waals surface area contributed by atoms with Crippen molar-refractivity contribution in [3.8, 4) is 0 Å². The van der Waals surface area contributed by atoms with Crippen LogP contribution in [0.2, 0.25) is 0 Å². The van der Waals surface area contributed by atoms with Gasteiger partial charge in [-0.2, -0.15) is 0 Å². The number of ether oxygens (including phenoxy) is 1. The summed E-state index contributed by atoms with van der Waals surface area (Å²) in [5.41, 5.74) is -1.27. The standard InChI is InChI=1S/C8H8O4.C4H7Cl3O/c1-4-3-6(10)7(5(2)9)8(11)12-4;1-3(2,8)4(5,6)7/h3,7H,1-2H3;8H,1-2H3. The van der Waals surface area contributed by atoms with Gasteiger partial charge in [-0.15, -0.1) is 0 Å². The predicted octanol–water partition coefficient (Wildman–Crippen LogP) is 2.35. The first-order chi connectivity index (χ1) is 8.77. The lowest BCUT2D eigenvalue weighted by atomic mass is 9.98. The number of hydrogen-bond acceptors (Lipinski definition) is 5. The zero-order valence-corrected chi connectivity index (χ0v) is 13.6. The topological polar surface area (TPSA) is 80.7 Å². The Balaban J connectivity index is 0.000000396. The molecule has 8 heteroatoms. The first-order valence-electron chi connectivity index (χ1n) is 5.50. The van der Waals surface area contributed by atoms with Crippen LogP contribution in [0.4, 0.5) is 0 Å². The van der Waals surface area contributed by atoms with Crippen LogP contribution in [0, 0.1) is 5.92 Å². The predicted molar refractivity (Wildman–Crippen MR) is 75.6 cm³/mol. The molecule has 5 nitrogen and oxygen atoms in total. The van der Waals surface area contributed by atoms with Crippen molar-refractivity contribution < 1.29 is 24.2 Å². The van der Waals surface area contributed by atoms with Gasteiger partial charge in [0.15, 0.2) is 17.5 Å². The summed E-state index contributed by atoms with van der Waals surface area (Å²) in [5, 5.41) is 8.96. The van der Waals surface area contributed by atoms with Crippen LogP contribution in [0.5, 0.6) is 0 Å². The van der Waals surface area contributed by atoms with E-state index in [2.05, 4.69) is 4.74 Å². The van der Waals surface area contributed by atoms with Crippen LogP contribution < -0.4 is 0 Å². The van der Waals surface area contributed by atoms with Crippen molar-refractivity contribution in [2.24, 2.45) is 5.92 Å². The van der Waals surface area contributed by atoms with Gasteiger partial charge in [-0.25, -0.2) is 0 Å². The van der Waals surface area contributed by atoms with Gasteiger partial charge in [-0.05, 0) is 27.7 Å². The SMILES string of the molecule is CC(=O)C1C(=O)C=C(C)OC1=O.CC(C)(O)C(Cl)(Cl)Cl. The Morgan fingerprint density at radius 3 is 1.95 bits per heavy atom. The zero-order chi connectivity index (χ0) is 16.3. The molecule has 114 valence electrons. The van der Waals surface area contributed by atoms with E-state index in [1.165, 1.54) is 27.7 Å². The fourth-order valence-electron chi connectivity index (χ4n) is 1.01. The van der Waals surface area contributed by atoms with Gasteiger partial charge in [-0.3, -0.25) is 14.4 Å². The van der Waals surface area contributed by atoms with Crippen molar-refractivity contribution in [1.29, 1.82) is 0 Å². The third-order valence-electron chi connectivity index (χ3n) is 2.23. The minimum absolute atomic E-state index is 0.238. The van der Waals surface area contributed by atoms with E-state index in [1.54, 1.807) is 0 Å². The molecule has 0 saturated heterocycles. The number of ketones is 2. The van der Waals surface area contributed by atoms with E-state index < -0.39 is 32.8 Å². The molecule has 0 aromatic rings. The molecule has 20 heavy (non-hydrogen) atoms. The third kappa shape index (κ3) is 5.79. The van der Waals surface area contributed by atoms with Gasteiger partial charge in [0.25, 0.3) is 0 Å². The lowest BCUT2D eigenvalue weighted by Crippen LogP contribution is -2.35. The number of allylic oxidation sites excluding steroid dienone is 2. The summed E-state index contributed by atoms with van der Waals surface area (Å²) in [6, 6.07) is 0. The molecule has 1 rings (SSSR count). The molecule has 0 amide bonds. The van der Waals surface area contributed by atoms with Gasteiger partial charge >= 0.3 is 5.97 Å². The largest absolute Gasteiger partial charge is 0.430 e. The molecule has 0 aromatic carbocycles. The Kier molecular flexibility index (Phi) is 6.68. The highest BCUT2D eigenvalue weighted by molar-refractivity contribution is 6.68. The van der Waals surface area contributed by atoms with Crippen molar-refractivity contribution in [3.63, 3.8) is 0 Å². The third-order valence-corrected chi connectivity index (χ3v) is 3.62. The second-order valence-electron chi connectivity index (χ2n) is 4.68. The van der Waals surface area contributed by atoms with E-state index in [4.69, 9.17) is 39.9 Å². The normalized spacial score (nSPS) is 19.6. The Morgan fingerprint density at radius 1 is 1.30 bits per heavy atom. The number of esters is 1. The van der Waals surface area contributed by atoms with E-state index in [9.17, 15) is 14.4 Å². The van der Waals surface area contributed by atoms with Gasteiger partial charge in [-0.1, -0.05) is 34.8 Å². The van der Waals surface area contributed by atoms with Crippen molar-refractivity contribution in [3.05, 3.63) is 11.8 Å². The average molecular weight is 346 g/mol. The van der Waals surface area contributed by atoms with E-state index in [0.29, 0.717) is 0 Å². The molecule has 0 bridgehead atoms. The van der Waals surface area contributed by atoms with E-state index in [1.807, 2.05) is 0 Å². The summed E-state index contributed by atoms with van der Waals surface area (Å²) in [6.07, 6.45) is 1.16. The zero-order valence-electron chi connectivity index (χ0n) is 11.4. The maximum absolute atomic E-state index is 11.1. The number of rotatable bonds is 1. The molecule has 1 aliphatic rings. The number of carbonyl (C=O) groups is 3. The van der Waals surface area contributed by atoms with Crippen LogP contribution in [0.3, 0.4) is 0 Å². The second-order valence-corrected chi connectivity index (χ2v) is 6.96. The number of carbonyl (C=O) groups excluding carboxylic acids is 3. The minimum Gasteiger partial charge on any atom is -0.430 e. The van der Waals surface area contributed by atoms with Crippen LogP contribution in [0.1, 0.15) is 27.7 Å². The van der Waals surface area contributed by atoms with Crippen LogP contribution in [0.25, 0.3) is 0 Å². The first-order valence-corrected chi connectivity index (χ1v) is 6.64. The molecule has 0 aliphatic carbocycles. The molecule has 0 aromatic heterocycles. The molecule has 0 radical (unpaired) electrons. The smallest absolute Gasteiger partial charge is 0.329 e. The Morgan fingerprint density at radius 2 is 1.70 bits per heavy atom. The number of alkyl halides is 3. The molecule has 1 heterocycles. The summed E-state index contributed by atoms with van der Waals surface area (Å²) < 4.78 is 3.02. The summed E-state index contributed by atoms with van der Waals surface area (Å²) in [7, 11) is 0. The van der Waals surface area contributed by atoms with Gasteiger partial charge in [0.2, 0.25) is 3.79 Å². The van der Waals surface area contributed by atoms with Crippen molar-refractivity contribution in [2.75, 3.05) is 0 Å². The maximum Gasteiger partial charge on any atom is 0.329 e. The van der Waals surface area contributed by atoms with Crippen LogP contribution in [0.15, 0.2) is 11.8 Å². The molecule has 0 spiro atoms.